The Hall–Kier alpha value is -3.80. The summed E-state index contributed by atoms with van der Waals surface area (Å²) in [6, 6.07) is 2.80. The zero-order valence-corrected chi connectivity index (χ0v) is 28.1. The third-order valence-corrected chi connectivity index (χ3v) is 9.48. The lowest BCUT2D eigenvalue weighted by atomic mass is 9.77. The third kappa shape index (κ3) is 8.57. The number of hydrogen-bond donors (Lipinski definition) is 1. The lowest BCUT2D eigenvalue weighted by molar-refractivity contribution is -0.224. The first-order chi connectivity index (χ1) is 22.1. The Balaban J connectivity index is 1.73. The number of amides is 1. The number of Topliss-reactive ketones (excluding diaryl/α,β-unsaturated/α-hetero) is 2. The number of ether oxygens (including phenoxy) is 5. The fourth-order valence-electron chi connectivity index (χ4n) is 6.81. The summed E-state index contributed by atoms with van der Waals surface area (Å²) in [6.07, 6.45) is 0.613. The monoisotopic (exact) mass is 658 g/mol. The summed E-state index contributed by atoms with van der Waals surface area (Å²) >= 11 is 0. The van der Waals surface area contributed by atoms with Crippen LogP contribution >= 0.6 is 0 Å². The summed E-state index contributed by atoms with van der Waals surface area (Å²) in [5.41, 5.74) is -1.32. The van der Waals surface area contributed by atoms with Gasteiger partial charge in [0, 0.05) is 42.6 Å². The largest absolute Gasteiger partial charge is 0.461 e. The highest BCUT2D eigenvalue weighted by atomic mass is 16.7. The van der Waals surface area contributed by atoms with E-state index in [9.17, 15) is 29.2 Å². The van der Waals surface area contributed by atoms with Crippen LogP contribution in [0.2, 0.25) is 0 Å². The van der Waals surface area contributed by atoms with Crippen LogP contribution in [0.25, 0.3) is 0 Å². The van der Waals surface area contributed by atoms with Crippen molar-refractivity contribution in [1.29, 1.82) is 5.26 Å². The average Bonchev–Trinajstić information content (AvgIpc) is 3.67. The Morgan fingerprint density at radius 3 is 2.40 bits per heavy atom. The van der Waals surface area contributed by atoms with Crippen LogP contribution < -0.4 is 5.32 Å². The molecule has 0 aromatic carbocycles. The average molecular weight is 659 g/mol. The van der Waals surface area contributed by atoms with Gasteiger partial charge in [-0.15, -0.1) is 0 Å². The Bertz CT molecular complexity index is 1390. The van der Waals surface area contributed by atoms with Crippen molar-refractivity contribution in [1.82, 2.24) is 14.8 Å². The van der Waals surface area contributed by atoms with Crippen LogP contribution in [0.1, 0.15) is 65.9 Å². The normalized spacial score (nSPS) is 35.6. The Morgan fingerprint density at radius 1 is 1.09 bits per heavy atom. The maximum absolute atomic E-state index is 13.9. The minimum atomic E-state index is -1.56. The quantitative estimate of drug-likeness (QED) is 0.279. The molecule has 0 spiro atoms. The van der Waals surface area contributed by atoms with E-state index in [1.807, 2.05) is 27.1 Å². The van der Waals surface area contributed by atoms with Gasteiger partial charge in [-0.1, -0.05) is 20.8 Å². The zero-order chi connectivity index (χ0) is 34.6. The number of hydrogen-bond acceptors (Lipinski definition) is 12. The van der Waals surface area contributed by atoms with Crippen LogP contribution in [0.3, 0.4) is 0 Å². The van der Waals surface area contributed by atoms with Gasteiger partial charge in [0.2, 0.25) is 0 Å². The second kappa shape index (κ2) is 15.0. The number of nitriles is 1. The van der Waals surface area contributed by atoms with Crippen molar-refractivity contribution in [3.05, 3.63) is 24.0 Å². The highest BCUT2D eigenvalue weighted by Gasteiger charge is 2.47. The maximum atomic E-state index is 13.9. The van der Waals surface area contributed by atoms with E-state index in [1.54, 1.807) is 20.8 Å². The van der Waals surface area contributed by atoms with Crippen molar-refractivity contribution in [2.75, 3.05) is 27.3 Å². The van der Waals surface area contributed by atoms with E-state index in [0.29, 0.717) is 6.42 Å². The van der Waals surface area contributed by atoms with E-state index in [0.717, 1.165) is 11.0 Å². The molecule has 4 heterocycles. The molecule has 1 aromatic heterocycles. The summed E-state index contributed by atoms with van der Waals surface area (Å²) in [5.74, 6) is -5.04. The lowest BCUT2D eigenvalue weighted by Gasteiger charge is -2.41. The van der Waals surface area contributed by atoms with Gasteiger partial charge in [-0.2, -0.15) is 5.26 Å². The van der Waals surface area contributed by atoms with E-state index in [2.05, 4.69) is 10.2 Å². The molecule has 1 N–H and O–H groups in total. The molecule has 1 amide bonds. The third-order valence-electron chi connectivity index (χ3n) is 9.48. The van der Waals surface area contributed by atoms with Gasteiger partial charge in [0.1, 0.15) is 35.8 Å². The number of carbonyl (C=O) groups excluding carboxylic acids is 5. The van der Waals surface area contributed by atoms with Gasteiger partial charge in [-0.05, 0) is 53.3 Å². The number of nitrogens with one attached hydrogen (secondary N) is 1. The molecule has 0 bridgehead atoms. The van der Waals surface area contributed by atoms with E-state index >= 15 is 0 Å². The fourth-order valence-corrected chi connectivity index (χ4v) is 6.81. The predicted molar refractivity (Wildman–Crippen MR) is 165 cm³/mol. The number of rotatable bonds is 5. The van der Waals surface area contributed by atoms with Crippen LogP contribution in [-0.4, -0.2) is 103 Å². The molecule has 47 heavy (non-hydrogen) atoms. The minimum Gasteiger partial charge on any atom is -0.461 e. The number of aromatic nitrogens is 1. The molecular weight excluding hydrogens is 612 g/mol. The topological polar surface area (TPSA) is 175 Å². The first-order valence-electron chi connectivity index (χ1n) is 16.1. The smallest absolute Gasteiger partial charge is 0.418 e. The number of cyclic esters (lactones) is 1. The molecule has 10 atom stereocenters. The van der Waals surface area contributed by atoms with E-state index in [-0.39, 0.29) is 49.5 Å². The first-order valence-corrected chi connectivity index (χ1v) is 16.1. The molecule has 14 heteroatoms. The number of esters is 1. The van der Waals surface area contributed by atoms with Crippen LogP contribution in [0.15, 0.2) is 18.5 Å². The summed E-state index contributed by atoms with van der Waals surface area (Å²) in [7, 11) is 3.95. The van der Waals surface area contributed by atoms with E-state index in [4.69, 9.17) is 23.7 Å². The predicted octanol–water partition coefficient (Wildman–Crippen LogP) is 3.05. The summed E-state index contributed by atoms with van der Waals surface area (Å²) in [5, 5.41) is 12.0. The van der Waals surface area contributed by atoms with Gasteiger partial charge in [-0.25, -0.2) is 9.59 Å². The fraction of sp³-hybridized carbons (Fsp3) is 0.697. The second-order valence-electron chi connectivity index (χ2n) is 13.5. The van der Waals surface area contributed by atoms with Gasteiger partial charge in [0.05, 0.1) is 24.3 Å². The molecule has 0 radical (unpaired) electrons. The number of nitrogens with zero attached hydrogens (tertiary/aromatic N) is 3. The highest BCUT2D eigenvalue weighted by molar-refractivity contribution is 5.99. The molecule has 258 valence electrons. The van der Waals surface area contributed by atoms with Crippen LogP contribution in [0.4, 0.5) is 9.59 Å². The molecule has 0 saturated carbocycles. The van der Waals surface area contributed by atoms with Crippen molar-refractivity contribution >= 4 is 29.7 Å². The molecular formula is C33H46N4O10. The number of alkyl carbamates (subject to hydrolysis) is 1. The minimum absolute atomic E-state index is 0.0453. The molecule has 14 nitrogen and oxygen atoms in total. The second-order valence-corrected chi connectivity index (χ2v) is 13.5. The zero-order valence-electron chi connectivity index (χ0n) is 28.1. The lowest BCUT2D eigenvalue weighted by Crippen LogP contribution is -2.50. The van der Waals surface area contributed by atoms with Gasteiger partial charge >= 0.3 is 18.2 Å². The number of carbonyl (C=O) groups is 5. The molecule has 4 rings (SSSR count). The summed E-state index contributed by atoms with van der Waals surface area (Å²) < 4.78 is 30.5. The molecule has 0 aliphatic carbocycles. The maximum Gasteiger partial charge on any atom is 0.418 e. The van der Waals surface area contributed by atoms with Crippen LogP contribution in [0.5, 0.6) is 0 Å². The van der Waals surface area contributed by atoms with Gasteiger partial charge < -0.3 is 33.9 Å². The van der Waals surface area contributed by atoms with Crippen molar-refractivity contribution in [3.63, 3.8) is 0 Å². The van der Waals surface area contributed by atoms with Crippen molar-refractivity contribution in [2.45, 2.75) is 96.5 Å². The van der Waals surface area contributed by atoms with Gasteiger partial charge in [0.15, 0.2) is 12.4 Å². The molecule has 3 saturated heterocycles. The SMILES string of the molecule is C[C@H]1C(=O)OC[C@H]2OC(=O)N[C@@H]2[C@@H](C)C(=O)[C@H](C)C[C@@](CO[C@H]2C[C@@H](N(C)C)C[C@@H](C)O2)(OC(=O)n2ccc(C#N)c2)C[C@@H](C)C1=O. The highest BCUT2D eigenvalue weighted by Crippen LogP contribution is 2.36. The molecule has 0 unspecified atom stereocenters. The van der Waals surface area contributed by atoms with Gasteiger partial charge in [0.25, 0.3) is 0 Å². The molecule has 1 aromatic rings. The molecule has 3 aliphatic rings. The Labute approximate surface area is 274 Å². The van der Waals surface area contributed by atoms with Crippen molar-refractivity contribution in [3.8, 4) is 6.07 Å². The van der Waals surface area contributed by atoms with E-state index in [1.165, 1.54) is 25.4 Å². The Kier molecular flexibility index (Phi) is 11.5. The standard InChI is InChI=1S/C33H46N4O10/c1-18-12-33(47-32(42)37-9-8-23(14-34)15-37,17-44-26-11-24(36(6)7)10-20(3)45-26)13-19(2)29(39)22(5)30(40)43-16-25-27(21(4)28(18)38)35-31(41)46-25/h8-9,15,18-22,24-27H,10-13,16-17H2,1-7H3,(H,35,41)/t18-,19-,20-,21-,22-,24+,25-,26-,27-,33-/m1/s1. The number of fused-ring (bicyclic) bond motifs is 1. The molecule has 3 fully saturated rings. The van der Waals surface area contributed by atoms with E-state index < -0.39 is 71.6 Å². The van der Waals surface area contributed by atoms with Crippen LogP contribution in [0, 0.1) is 35.0 Å². The first kappa shape index (κ1) is 36.0. The van der Waals surface area contributed by atoms with Gasteiger partial charge in [-0.3, -0.25) is 19.0 Å². The summed E-state index contributed by atoms with van der Waals surface area (Å²) in [4.78, 5) is 68.5. The number of ketones is 2. The molecule has 3 aliphatic heterocycles. The van der Waals surface area contributed by atoms with Crippen molar-refractivity contribution in [2.24, 2.45) is 23.7 Å². The summed E-state index contributed by atoms with van der Waals surface area (Å²) in [6.45, 7) is 7.81. The van der Waals surface area contributed by atoms with Crippen LogP contribution in [-0.2, 0) is 38.1 Å². The van der Waals surface area contributed by atoms with Crippen molar-refractivity contribution < 1.29 is 47.7 Å². The Morgan fingerprint density at radius 2 is 1.77 bits per heavy atom.